The fourth-order valence-corrected chi connectivity index (χ4v) is 3.61. The maximum Gasteiger partial charge on any atom is 0.0346 e. The summed E-state index contributed by atoms with van der Waals surface area (Å²) in [6, 6.07) is 18.9. The molecule has 0 unspecified atom stereocenters. The molecule has 2 N–H and O–H groups in total. The molecule has 2 aromatic carbocycles. The largest absolute Gasteiger partial charge is 0.313 e. The summed E-state index contributed by atoms with van der Waals surface area (Å²) in [5, 5.41) is 5.94. The van der Waals surface area contributed by atoms with Crippen LogP contribution in [-0.2, 0) is 0 Å². The van der Waals surface area contributed by atoms with Crippen LogP contribution in [0.25, 0.3) is 16.8 Å². The van der Waals surface area contributed by atoms with Gasteiger partial charge in [-0.1, -0.05) is 81.8 Å². The third kappa shape index (κ3) is 9.57. The van der Waals surface area contributed by atoms with Crippen molar-refractivity contribution in [2.24, 2.45) is 0 Å². The van der Waals surface area contributed by atoms with Crippen LogP contribution in [0.15, 0.2) is 77.5 Å². The number of nitrogens with one attached hydrogen (secondary N) is 2. The summed E-state index contributed by atoms with van der Waals surface area (Å²) in [4.78, 5) is 5.43. The Morgan fingerprint density at radius 2 is 1.70 bits per heavy atom. The molecule has 3 aromatic rings. The summed E-state index contributed by atoms with van der Waals surface area (Å²) < 4.78 is 3.46. The summed E-state index contributed by atoms with van der Waals surface area (Å²) in [6.45, 7) is 13.1. The van der Waals surface area contributed by atoms with Crippen LogP contribution in [0.1, 0.15) is 46.6 Å². The maximum atomic E-state index is 4.18. The summed E-state index contributed by atoms with van der Waals surface area (Å²) in [6.07, 6.45) is 7.09. The molecule has 1 aromatic heterocycles. The Labute approximate surface area is 187 Å². The number of hydrogen-bond acceptors (Lipinski definition) is 4. The van der Waals surface area contributed by atoms with Crippen molar-refractivity contribution in [3.8, 4) is 0 Å². The number of pyridine rings is 1. The van der Waals surface area contributed by atoms with Gasteiger partial charge in [0, 0.05) is 35.8 Å². The molecule has 3 nitrogen and oxygen atoms in total. The Morgan fingerprint density at radius 3 is 2.47 bits per heavy atom. The van der Waals surface area contributed by atoms with Crippen molar-refractivity contribution < 1.29 is 0 Å². The van der Waals surface area contributed by atoms with E-state index >= 15 is 0 Å². The fraction of sp³-hybridized carbons (Fsp3) is 0.346. The minimum Gasteiger partial charge on any atom is -0.313 e. The van der Waals surface area contributed by atoms with Crippen molar-refractivity contribution in [1.82, 2.24) is 15.0 Å². The Bertz CT molecular complexity index is 842. The molecule has 4 heteroatoms. The zero-order valence-corrected chi connectivity index (χ0v) is 19.9. The Kier molecular flexibility index (Phi) is 14.4. The fourth-order valence-electron chi connectivity index (χ4n) is 2.77. The van der Waals surface area contributed by atoms with Gasteiger partial charge < -0.3 is 5.32 Å². The molecular formula is C26H37N3S. The SMILES string of the molecule is C/C(=C/c1ccccc1)CNCCCNSc1cccc2cnccc12.CC.CC. The standard InChI is InChI=1S/C22H25N3S.2C2H6/c1-18(15-19-7-3-2-4-8-19)16-23-12-6-13-25-26-22-10-5-9-20-17-24-14-11-21(20)22;2*1-2/h2-5,7-11,14-15,17,23,25H,6,12-13,16H2,1H3;2*1-2H3/b18-15-;;. The first-order valence-corrected chi connectivity index (χ1v) is 11.8. The first kappa shape index (κ1) is 25.9. The van der Waals surface area contributed by atoms with Gasteiger partial charge in [0.2, 0.25) is 0 Å². The molecule has 0 saturated carbocycles. The van der Waals surface area contributed by atoms with E-state index in [4.69, 9.17) is 0 Å². The second-order valence-corrected chi connectivity index (χ2v) is 7.21. The molecule has 0 spiro atoms. The van der Waals surface area contributed by atoms with Crippen LogP contribution in [0.3, 0.4) is 0 Å². The zero-order valence-electron chi connectivity index (χ0n) is 19.1. The van der Waals surface area contributed by atoms with Crippen LogP contribution in [0.4, 0.5) is 0 Å². The van der Waals surface area contributed by atoms with Gasteiger partial charge in [-0.25, -0.2) is 0 Å². The third-order valence-corrected chi connectivity index (χ3v) is 5.00. The number of aromatic nitrogens is 1. The van der Waals surface area contributed by atoms with E-state index in [0.717, 1.165) is 26.1 Å². The number of nitrogens with zero attached hydrogens (tertiary/aromatic N) is 1. The quantitative estimate of drug-likeness (QED) is 0.288. The molecule has 162 valence electrons. The average molecular weight is 424 g/mol. The lowest BCUT2D eigenvalue weighted by Gasteiger charge is -2.08. The van der Waals surface area contributed by atoms with Gasteiger partial charge in [0.15, 0.2) is 0 Å². The molecule has 0 amide bonds. The first-order chi connectivity index (χ1) is 14.8. The van der Waals surface area contributed by atoms with Gasteiger partial charge in [0.05, 0.1) is 0 Å². The predicted molar refractivity (Wildman–Crippen MR) is 136 cm³/mol. The highest BCUT2D eigenvalue weighted by atomic mass is 32.2. The summed E-state index contributed by atoms with van der Waals surface area (Å²) in [5.74, 6) is 0. The highest BCUT2D eigenvalue weighted by Crippen LogP contribution is 2.25. The van der Waals surface area contributed by atoms with Gasteiger partial charge >= 0.3 is 0 Å². The molecule has 30 heavy (non-hydrogen) atoms. The summed E-state index contributed by atoms with van der Waals surface area (Å²) in [7, 11) is 0. The van der Waals surface area contributed by atoms with Crippen molar-refractivity contribution in [3.63, 3.8) is 0 Å². The zero-order chi connectivity index (χ0) is 22.0. The molecule has 0 atom stereocenters. The highest BCUT2D eigenvalue weighted by Gasteiger charge is 2.01. The van der Waals surface area contributed by atoms with E-state index in [1.54, 1.807) is 11.9 Å². The molecule has 0 aliphatic rings. The van der Waals surface area contributed by atoms with Crippen LogP contribution in [0.5, 0.6) is 0 Å². The number of rotatable bonds is 9. The van der Waals surface area contributed by atoms with E-state index in [1.165, 1.54) is 26.8 Å². The lowest BCUT2D eigenvalue weighted by atomic mass is 10.1. The average Bonchev–Trinajstić information content (AvgIpc) is 2.82. The molecule has 0 saturated heterocycles. The lowest BCUT2D eigenvalue weighted by molar-refractivity contribution is 0.678. The Balaban J connectivity index is 0.00000106. The van der Waals surface area contributed by atoms with Gasteiger partial charge in [-0.2, -0.15) is 0 Å². The minimum absolute atomic E-state index is 0.929. The maximum absolute atomic E-state index is 4.18. The van der Waals surface area contributed by atoms with Crippen LogP contribution >= 0.6 is 11.9 Å². The molecule has 0 aliphatic heterocycles. The van der Waals surface area contributed by atoms with Gasteiger partial charge in [0.25, 0.3) is 0 Å². The highest BCUT2D eigenvalue weighted by molar-refractivity contribution is 7.97. The Hall–Kier alpha value is -2.14. The Morgan fingerprint density at radius 1 is 0.933 bits per heavy atom. The minimum atomic E-state index is 0.929. The van der Waals surface area contributed by atoms with E-state index in [2.05, 4.69) is 76.6 Å². The monoisotopic (exact) mass is 423 g/mol. The number of fused-ring (bicyclic) bond motifs is 1. The van der Waals surface area contributed by atoms with Gasteiger partial charge in [-0.3, -0.25) is 9.71 Å². The molecule has 0 fully saturated rings. The van der Waals surface area contributed by atoms with E-state index in [1.807, 2.05) is 46.2 Å². The topological polar surface area (TPSA) is 37.0 Å². The predicted octanol–water partition coefficient (Wildman–Crippen LogP) is 6.97. The summed E-state index contributed by atoms with van der Waals surface area (Å²) >= 11 is 1.70. The molecule has 1 heterocycles. The van der Waals surface area contributed by atoms with Gasteiger partial charge in [-0.15, -0.1) is 0 Å². The number of hydrogen-bond donors (Lipinski definition) is 2. The molecular weight excluding hydrogens is 386 g/mol. The van der Waals surface area contributed by atoms with Crippen LogP contribution in [0, 0.1) is 0 Å². The van der Waals surface area contributed by atoms with E-state index < -0.39 is 0 Å². The van der Waals surface area contributed by atoms with Gasteiger partial charge in [-0.05, 0) is 54.9 Å². The van der Waals surface area contributed by atoms with Crippen LogP contribution < -0.4 is 10.0 Å². The van der Waals surface area contributed by atoms with E-state index in [0.29, 0.717) is 0 Å². The summed E-state index contributed by atoms with van der Waals surface area (Å²) in [5.41, 5.74) is 2.61. The van der Waals surface area contributed by atoms with Crippen molar-refractivity contribution in [2.75, 3.05) is 19.6 Å². The second-order valence-electron chi connectivity index (χ2n) is 6.28. The normalized spacial score (nSPS) is 10.6. The number of benzene rings is 2. The third-order valence-electron chi connectivity index (χ3n) is 4.07. The second kappa shape index (κ2) is 16.6. The lowest BCUT2D eigenvalue weighted by Crippen LogP contribution is -2.20. The van der Waals surface area contributed by atoms with Crippen molar-refractivity contribution in [1.29, 1.82) is 0 Å². The van der Waals surface area contributed by atoms with Crippen LogP contribution in [0.2, 0.25) is 0 Å². The molecule has 0 radical (unpaired) electrons. The van der Waals surface area contributed by atoms with Crippen molar-refractivity contribution in [3.05, 3.63) is 78.1 Å². The van der Waals surface area contributed by atoms with E-state index in [9.17, 15) is 0 Å². The first-order valence-electron chi connectivity index (χ1n) is 11.0. The van der Waals surface area contributed by atoms with Crippen molar-refractivity contribution >= 4 is 28.8 Å². The molecule has 3 rings (SSSR count). The molecule has 0 bridgehead atoms. The molecule has 0 aliphatic carbocycles. The smallest absolute Gasteiger partial charge is 0.0346 e. The van der Waals surface area contributed by atoms with Gasteiger partial charge in [0.1, 0.15) is 0 Å². The van der Waals surface area contributed by atoms with Crippen molar-refractivity contribution in [2.45, 2.75) is 45.9 Å². The van der Waals surface area contributed by atoms with E-state index in [-0.39, 0.29) is 0 Å². The van der Waals surface area contributed by atoms with Crippen LogP contribution in [-0.4, -0.2) is 24.6 Å².